The van der Waals surface area contributed by atoms with Crippen molar-refractivity contribution in [1.82, 2.24) is 10.6 Å². The normalized spacial score (nSPS) is 10.6. The van der Waals surface area contributed by atoms with Gasteiger partial charge in [0.15, 0.2) is 0 Å². The molecule has 2 aromatic carbocycles. The predicted molar refractivity (Wildman–Crippen MR) is 95.6 cm³/mol. The van der Waals surface area contributed by atoms with Gasteiger partial charge in [0, 0.05) is 35.8 Å². The number of unbranched alkanes of at least 4 members (excludes halogenated alkanes) is 1. The number of carbonyl (C=O) groups is 1. The highest BCUT2D eigenvalue weighted by molar-refractivity contribution is 6.31. The van der Waals surface area contributed by atoms with Crippen LogP contribution in [0.1, 0.15) is 41.3 Å². The quantitative estimate of drug-likeness (QED) is 0.698. The van der Waals surface area contributed by atoms with E-state index in [1.54, 1.807) is 24.3 Å². The van der Waals surface area contributed by atoms with E-state index in [1.165, 1.54) is 6.07 Å². The zero-order valence-corrected chi connectivity index (χ0v) is 14.5. The molecule has 24 heavy (non-hydrogen) atoms. The predicted octanol–water partition coefficient (Wildman–Crippen LogP) is 4.30. The van der Waals surface area contributed by atoms with Gasteiger partial charge in [-0.15, -0.1) is 0 Å². The topological polar surface area (TPSA) is 41.1 Å². The summed E-state index contributed by atoms with van der Waals surface area (Å²) in [6.07, 6.45) is 2.03. The van der Waals surface area contributed by atoms with Gasteiger partial charge in [-0.3, -0.25) is 4.79 Å². The number of halogens is 2. The Bertz CT molecular complexity index is 653. The summed E-state index contributed by atoms with van der Waals surface area (Å²) in [5.41, 5.74) is 2.13. The zero-order chi connectivity index (χ0) is 17.4. The fourth-order valence-corrected chi connectivity index (χ4v) is 2.52. The molecule has 2 rings (SSSR count). The molecular weight excluding hydrogens is 327 g/mol. The van der Waals surface area contributed by atoms with E-state index >= 15 is 0 Å². The minimum Gasteiger partial charge on any atom is -0.352 e. The van der Waals surface area contributed by atoms with Gasteiger partial charge in [-0.25, -0.2) is 4.39 Å². The molecule has 0 fully saturated rings. The molecule has 2 N–H and O–H groups in total. The smallest absolute Gasteiger partial charge is 0.251 e. The highest BCUT2D eigenvalue weighted by atomic mass is 35.5. The Morgan fingerprint density at radius 1 is 1.12 bits per heavy atom. The van der Waals surface area contributed by atoms with Crippen LogP contribution in [0, 0.1) is 5.82 Å². The summed E-state index contributed by atoms with van der Waals surface area (Å²) in [6, 6.07) is 12.0. The maximum atomic E-state index is 13.7. The van der Waals surface area contributed by atoms with Crippen LogP contribution in [0.2, 0.25) is 5.02 Å². The molecule has 0 aliphatic rings. The average Bonchev–Trinajstić information content (AvgIpc) is 2.58. The Labute approximate surface area is 147 Å². The van der Waals surface area contributed by atoms with Gasteiger partial charge >= 0.3 is 0 Å². The molecule has 5 heteroatoms. The van der Waals surface area contributed by atoms with E-state index in [0.29, 0.717) is 35.8 Å². The van der Waals surface area contributed by atoms with Crippen LogP contribution in [0.15, 0.2) is 42.5 Å². The van der Waals surface area contributed by atoms with E-state index < -0.39 is 0 Å². The van der Waals surface area contributed by atoms with Crippen LogP contribution >= 0.6 is 11.6 Å². The summed E-state index contributed by atoms with van der Waals surface area (Å²) in [5.74, 6) is -0.366. The Morgan fingerprint density at radius 3 is 2.54 bits per heavy atom. The maximum Gasteiger partial charge on any atom is 0.251 e. The summed E-state index contributed by atoms with van der Waals surface area (Å²) in [6.45, 7) is 3.71. The zero-order valence-electron chi connectivity index (χ0n) is 13.7. The summed E-state index contributed by atoms with van der Waals surface area (Å²) >= 11 is 5.99. The first-order valence-electron chi connectivity index (χ1n) is 8.12. The number of benzene rings is 2. The van der Waals surface area contributed by atoms with Gasteiger partial charge < -0.3 is 10.6 Å². The minimum atomic E-state index is -0.311. The van der Waals surface area contributed by atoms with E-state index in [1.807, 2.05) is 12.1 Å². The molecule has 2 aromatic rings. The fourth-order valence-electron chi connectivity index (χ4n) is 2.29. The van der Waals surface area contributed by atoms with Gasteiger partial charge in [0.25, 0.3) is 5.91 Å². The van der Waals surface area contributed by atoms with E-state index in [4.69, 9.17) is 11.6 Å². The van der Waals surface area contributed by atoms with Crippen molar-refractivity contribution in [2.75, 3.05) is 6.54 Å². The van der Waals surface area contributed by atoms with Gasteiger partial charge in [0.1, 0.15) is 5.82 Å². The first kappa shape index (κ1) is 18.4. The lowest BCUT2D eigenvalue weighted by Gasteiger charge is -2.09. The highest BCUT2D eigenvalue weighted by Gasteiger charge is 2.07. The maximum absolute atomic E-state index is 13.7. The third kappa shape index (κ3) is 5.32. The van der Waals surface area contributed by atoms with Crippen LogP contribution in [0.3, 0.4) is 0 Å². The molecular formula is C19H22ClFN2O. The summed E-state index contributed by atoms with van der Waals surface area (Å²) < 4.78 is 13.7. The monoisotopic (exact) mass is 348 g/mol. The van der Waals surface area contributed by atoms with Crippen LogP contribution in [0.4, 0.5) is 4.39 Å². The van der Waals surface area contributed by atoms with Crippen molar-refractivity contribution in [2.24, 2.45) is 0 Å². The van der Waals surface area contributed by atoms with Crippen molar-refractivity contribution in [2.45, 2.75) is 32.9 Å². The van der Waals surface area contributed by atoms with Crippen LogP contribution in [-0.4, -0.2) is 12.5 Å². The van der Waals surface area contributed by atoms with Crippen molar-refractivity contribution in [3.05, 3.63) is 70.0 Å². The number of hydrogen-bond donors (Lipinski definition) is 2. The molecule has 0 unspecified atom stereocenters. The number of carbonyl (C=O) groups excluding carboxylic acids is 1. The first-order chi connectivity index (χ1) is 11.6. The molecule has 0 atom stereocenters. The molecule has 1 amide bonds. The average molecular weight is 349 g/mol. The summed E-state index contributed by atoms with van der Waals surface area (Å²) in [7, 11) is 0. The van der Waals surface area contributed by atoms with E-state index in [2.05, 4.69) is 17.6 Å². The van der Waals surface area contributed by atoms with Crippen LogP contribution in [0.5, 0.6) is 0 Å². The lowest BCUT2D eigenvalue weighted by Crippen LogP contribution is -2.24. The molecule has 0 bridgehead atoms. The van der Waals surface area contributed by atoms with Crippen LogP contribution < -0.4 is 10.6 Å². The van der Waals surface area contributed by atoms with Crippen molar-refractivity contribution in [1.29, 1.82) is 0 Å². The third-order valence-electron chi connectivity index (χ3n) is 3.72. The molecule has 0 saturated carbocycles. The fraction of sp³-hybridized carbons (Fsp3) is 0.316. The molecule has 0 saturated heterocycles. The van der Waals surface area contributed by atoms with Gasteiger partial charge in [-0.2, -0.15) is 0 Å². The minimum absolute atomic E-state index is 0.0545. The molecule has 0 aromatic heterocycles. The molecule has 0 aliphatic carbocycles. The summed E-state index contributed by atoms with van der Waals surface area (Å²) in [5, 5.41) is 6.47. The Kier molecular flexibility index (Phi) is 7.22. The first-order valence-corrected chi connectivity index (χ1v) is 8.50. The van der Waals surface area contributed by atoms with Crippen LogP contribution in [0.25, 0.3) is 0 Å². The van der Waals surface area contributed by atoms with Crippen LogP contribution in [-0.2, 0) is 13.1 Å². The third-order valence-corrected chi connectivity index (χ3v) is 4.08. The van der Waals surface area contributed by atoms with Crippen molar-refractivity contribution in [3.63, 3.8) is 0 Å². The lowest BCUT2D eigenvalue weighted by molar-refractivity contribution is 0.0953. The molecule has 0 aliphatic heterocycles. The molecule has 128 valence electrons. The molecule has 0 radical (unpaired) electrons. The SMILES string of the molecule is CCCCNC(=O)c1ccc(CNCc2c(F)cccc2Cl)cc1. The number of rotatable bonds is 8. The Morgan fingerprint density at radius 2 is 1.88 bits per heavy atom. The van der Waals surface area contributed by atoms with E-state index in [9.17, 15) is 9.18 Å². The van der Waals surface area contributed by atoms with Crippen molar-refractivity contribution >= 4 is 17.5 Å². The second kappa shape index (κ2) is 9.40. The summed E-state index contributed by atoms with van der Waals surface area (Å²) in [4.78, 5) is 11.9. The Hall–Kier alpha value is -1.91. The largest absolute Gasteiger partial charge is 0.352 e. The van der Waals surface area contributed by atoms with Gasteiger partial charge in [-0.1, -0.05) is 43.1 Å². The second-order valence-corrected chi connectivity index (χ2v) is 6.02. The second-order valence-electron chi connectivity index (χ2n) is 5.61. The molecule has 0 heterocycles. The Balaban J connectivity index is 1.85. The van der Waals surface area contributed by atoms with Gasteiger partial charge in [0.05, 0.1) is 0 Å². The number of hydrogen-bond acceptors (Lipinski definition) is 2. The highest BCUT2D eigenvalue weighted by Crippen LogP contribution is 2.18. The standard InChI is InChI=1S/C19H22ClFN2O/c1-2-3-11-23-19(24)15-9-7-14(8-10-15)12-22-13-16-17(20)5-4-6-18(16)21/h4-10,22H,2-3,11-13H2,1H3,(H,23,24). The number of nitrogens with one attached hydrogen (secondary N) is 2. The van der Waals surface area contributed by atoms with Crippen molar-refractivity contribution < 1.29 is 9.18 Å². The van der Waals surface area contributed by atoms with Gasteiger partial charge in [-0.05, 0) is 36.2 Å². The molecule has 0 spiro atoms. The van der Waals surface area contributed by atoms with E-state index in [0.717, 1.165) is 18.4 Å². The van der Waals surface area contributed by atoms with E-state index in [-0.39, 0.29) is 11.7 Å². The lowest BCUT2D eigenvalue weighted by atomic mass is 10.1. The van der Waals surface area contributed by atoms with Gasteiger partial charge in [0.2, 0.25) is 0 Å². The van der Waals surface area contributed by atoms with Crippen molar-refractivity contribution in [3.8, 4) is 0 Å². The molecule has 3 nitrogen and oxygen atoms in total. The number of amides is 1.